The molecular weight excluding hydrogens is 669 g/mol. The van der Waals surface area contributed by atoms with E-state index >= 15 is 0 Å². The van der Waals surface area contributed by atoms with Gasteiger partial charge in [0.1, 0.15) is 11.2 Å². The van der Waals surface area contributed by atoms with Crippen LogP contribution < -0.4 is 0 Å². The van der Waals surface area contributed by atoms with Crippen molar-refractivity contribution in [2.75, 3.05) is 0 Å². The lowest BCUT2D eigenvalue weighted by molar-refractivity contribution is 0.670. The summed E-state index contributed by atoms with van der Waals surface area (Å²) in [5.41, 5.74) is 17.6. The number of rotatable bonds is 7. The third-order valence-corrected chi connectivity index (χ3v) is 10.4. The highest BCUT2D eigenvalue weighted by Crippen LogP contribution is 2.40. The van der Waals surface area contributed by atoms with Crippen LogP contribution in [0.4, 0.5) is 0 Å². The molecule has 0 atom stereocenters. The van der Waals surface area contributed by atoms with Crippen LogP contribution >= 0.6 is 0 Å². The molecule has 0 fully saturated rings. The minimum absolute atomic E-state index is 0.892. The molecule has 0 radical (unpaired) electrons. The maximum Gasteiger partial charge on any atom is 0.143 e. The third kappa shape index (κ3) is 6.28. The summed E-state index contributed by atoms with van der Waals surface area (Å²) in [7, 11) is 0. The molecule has 55 heavy (non-hydrogen) atoms. The van der Waals surface area contributed by atoms with Gasteiger partial charge in [-0.05, 0) is 122 Å². The Hall–Kier alpha value is -7.36. The third-order valence-electron chi connectivity index (χ3n) is 10.4. The number of benzene rings is 7. The summed E-state index contributed by atoms with van der Waals surface area (Å²) in [6, 6.07) is 64.9. The van der Waals surface area contributed by atoms with E-state index in [0.717, 1.165) is 99.8 Å². The molecule has 258 valence electrons. The number of hydrogen-bond donors (Lipinski definition) is 0. The minimum Gasteiger partial charge on any atom is -0.455 e. The summed E-state index contributed by atoms with van der Waals surface area (Å²) >= 11 is 0. The van der Waals surface area contributed by atoms with Crippen LogP contribution in [0.25, 0.3) is 99.8 Å². The van der Waals surface area contributed by atoms with E-state index in [0.29, 0.717) is 0 Å². The Labute approximate surface area is 319 Å². The molecule has 10 aromatic rings. The van der Waals surface area contributed by atoms with Crippen molar-refractivity contribution in [1.82, 2.24) is 9.97 Å². The van der Waals surface area contributed by atoms with Gasteiger partial charge in [0.15, 0.2) is 0 Å². The van der Waals surface area contributed by atoms with Crippen molar-refractivity contribution < 1.29 is 4.42 Å². The zero-order valence-corrected chi connectivity index (χ0v) is 29.9. The van der Waals surface area contributed by atoms with Gasteiger partial charge >= 0.3 is 0 Å². The number of aromatic nitrogens is 2. The summed E-state index contributed by atoms with van der Waals surface area (Å²) in [6.45, 7) is 0. The van der Waals surface area contributed by atoms with E-state index in [2.05, 4.69) is 168 Å². The molecule has 0 saturated carbocycles. The van der Waals surface area contributed by atoms with E-state index < -0.39 is 0 Å². The molecule has 0 saturated heterocycles. The van der Waals surface area contributed by atoms with Gasteiger partial charge in [0.05, 0.1) is 0 Å². The van der Waals surface area contributed by atoms with E-state index in [-0.39, 0.29) is 0 Å². The summed E-state index contributed by atoms with van der Waals surface area (Å²) in [6.07, 6.45) is 7.45. The standard InChI is InChI=1S/C52H34N2O/c1-2-23-51-49(20-1)50-22-7-21-48(52(50)55-51)47-31-45(41-16-5-12-37(28-41)35-10-3-14-39(26-35)43-18-8-24-53-33-43)30-46(32-47)42-17-6-13-38(29-42)36-11-4-15-40(27-36)44-19-9-25-54-34-44/h1-34H. The fraction of sp³-hybridized carbons (Fsp3) is 0. The van der Waals surface area contributed by atoms with Crippen LogP contribution in [-0.2, 0) is 0 Å². The molecule has 0 aliphatic heterocycles. The number of pyridine rings is 2. The molecule has 0 N–H and O–H groups in total. The lowest BCUT2D eigenvalue weighted by Crippen LogP contribution is -1.89. The number of fused-ring (bicyclic) bond motifs is 3. The Morgan fingerprint density at radius 2 is 0.673 bits per heavy atom. The highest BCUT2D eigenvalue weighted by molar-refractivity contribution is 6.10. The van der Waals surface area contributed by atoms with Gasteiger partial charge in [-0.15, -0.1) is 0 Å². The number of nitrogens with zero attached hydrogens (tertiary/aromatic N) is 2. The smallest absolute Gasteiger partial charge is 0.143 e. The van der Waals surface area contributed by atoms with Crippen LogP contribution in [-0.4, -0.2) is 9.97 Å². The largest absolute Gasteiger partial charge is 0.455 e. The van der Waals surface area contributed by atoms with Crippen molar-refractivity contribution in [3.63, 3.8) is 0 Å². The van der Waals surface area contributed by atoms with Gasteiger partial charge in [-0.3, -0.25) is 9.97 Å². The Kier molecular flexibility index (Phi) is 8.16. The van der Waals surface area contributed by atoms with Crippen LogP contribution in [0.15, 0.2) is 211 Å². The number of furan rings is 1. The molecule has 0 unspecified atom stereocenters. The molecule has 7 aromatic carbocycles. The Balaban J connectivity index is 1.12. The van der Waals surface area contributed by atoms with Gasteiger partial charge < -0.3 is 4.42 Å². The van der Waals surface area contributed by atoms with Crippen molar-refractivity contribution in [1.29, 1.82) is 0 Å². The average molecular weight is 703 g/mol. The predicted molar refractivity (Wildman–Crippen MR) is 227 cm³/mol. The average Bonchev–Trinajstić information content (AvgIpc) is 3.66. The molecule has 0 spiro atoms. The lowest BCUT2D eigenvalue weighted by atomic mass is 9.90. The lowest BCUT2D eigenvalue weighted by Gasteiger charge is -2.14. The first kappa shape index (κ1) is 32.3. The zero-order valence-electron chi connectivity index (χ0n) is 29.9. The molecule has 3 nitrogen and oxygen atoms in total. The van der Waals surface area contributed by atoms with Gasteiger partial charge in [-0.25, -0.2) is 0 Å². The van der Waals surface area contributed by atoms with E-state index in [4.69, 9.17) is 4.42 Å². The first-order valence-corrected chi connectivity index (χ1v) is 18.5. The second-order valence-electron chi connectivity index (χ2n) is 13.9. The summed E-state index contributed by atoms with van der Waals surface area (Å²) in [4.78, 5) is 8.69. The number of hydrogen-bond acceptors (Lipinski definition) is 3. The highest BCUT2D eigenvalue weighted by Gasteiger charge is 2.15. The molecule has 0 bridgehead atoms. The predicted octanol–water partition coefficient (Wildman–Crippen LogP) is 14.0. The van der Waals surface area contributed by atoms with Crippen LogP contribution in [0.3, 0.4) is 0 Å². The van der Waals surface area contributed by atoms with Gasteiger partial charge in [-0.1, -0.05) is 121 Å². The quantitative estimate of drug-likeness (QED) is 0.166. The van der Waals surface area contributed by atoms with Gasteiger partial charge in [0.2, 0.25) is 0 Å². The van der Waals surface area contributed by atoms with Gasteiger partial charge in [0, 0.05) is 52.3 Å². The molecule has 3 heteroatoms. The van der Waals surface area contributed by atoms with Gasteiger partial charge in [-0.2, -0.15) is 0 Å². The van der Waals surface area contributed by atoms with Crippen LogP contribution in [0.2, 0.25) is 0 Å². The fourth-order valence-electron chi connectivity index (χ4n) is 7.67. The van der Waals surface area contributed by atoms with Crippen molar-refractivity contribution in [3.05, 3.63) is 207 Å². The van der Waals surface area contributed by atoms with Crippen molar-refractivity contribution in [3.8, 4) is 77.9 Å². The second kappa shape index (κ2) is 13.9. The molecule has 0 amide bonds. The van der Waals surface area contributed by atoms with Crippen molar-refractivity contribution in [2.24, 2.45) is 0 Å². The maximum atomic E-state index is 6.57. The fourth-order valence-corrected chi connectivity index (χ4v) is 7.67. The minimum atomic E-state index is 0.892. The zero-order chi connectivity index (χ0) is 36.6. The summed E-state index contributed by atoms with van der Waals surface area (Å²) in [5.74, 6) is 0. The van der Waals surface area contributed by atoms with E-state index in [9.17, 15) is 0 Å². The summed E-state index contributed by atoms with van der Waals surface area (Å²) in [5, 5.41) is 2.24. The van der Waals surface area contributed by atoms with E-state index in [1.54, 1.807) is 0 Å². The van der Waals surface area contributed by atoms with Crippen LogP contribution in [0.1, 0.15) is 0 Å². The van der Waals surface area contributed by atoms with Crippen LogP contribution in [0, 0.1) is 0 Å². The topological polar surface area (TPSA) is 38.9 Å². The molecule has 10 rings (SSSR count). The molecule has 3 aromatic heterocycles. The van der Waals surface area contributed by atoms with E-state index in [1.165, 1.54) is 0 Å². The molecule has 0 aliphatic carbocycles. The molecule has 0 aliphatic rings. The molecule has 3 heterocycles. The first-order chi connectivity index (χ1) is 27.2. The first-order valence-electron chi connectivity index (χ1n) is 18.5. The van der Waals surface area contributed by atoms with Gasteiger partial charge in [0.25, 0.3) is 0 Å². The van der Waals surface area contributed by atoms with Crippen molar-refractivity contribution >= 4 is 21.9 Å². The maximum absolute atomic E-state index is 6.57. The van der Waals surface area contributed by atoms with E-state index in [1.807, 2.05) is 49.1 Å². The number of para-hydroxylation sites is 2. The van der Waals surface area contributed by atoms with Crippen molar-refractivity contribution in [2.45, 2.75) is 0 Å². The Bertz CT molecular complexity index is 2840. The normalized spacial score (nSPS) is 11.3. The highest BCUT2D eigenvalue weighted by atomic mass is 16.3. The Morgan fingerprint density at radius 3 is 1.16 bits per heavy atom. The second-order valence-corrected chi connectivity index (χ2v) is 13.9. The SMILES string of the molecule is c1cncc(-c2cccc(-c3cccc(-c4cc(-c5cccc(-c6cccc(-c7cccnc7)c6)c5)cc(-c5cccc6c5oc5ccccc56)c4)c3)c2)c1. The van der Waals surface area contributed by atoms with Crippen LogP contribution in [0.5, 0.6) is 0 Å². The molecular formula is C52H34N2O. The Morgan fingerprint density at radius 1 is 0.291 bits per heavy atom. The summed E-state index contributed by atoms with van der Waals surface area (Å²) < 4.78 is 6.57. The monoisotopic (exact) mass is 702 g/mol.